The third kappa shape index (κ3) is 4.10. The Morgan fingerprint density at radius 1 is 0.720 bits per heavy atom. The predicted octanol–water partition coefficient (Wildman–Crippen LogP) is 5.03. The van der Waals surface area contributed by atoms with Crippen LogP contribution in [-0.4, -0.2) is 12.1 Å². The minimum absolute atomic E-state index is 0.0530. The van der Waals surface area contributed by atoms with Gasteiger partial charge in [0.25, 0.3) is 0 Å². The van der Waals surface area contributed by atoms with Crippen LogP contribution in [0.25, 0.3) is 0 Å². The Bertz CT molecular complexity index is 810. The molecule has 0 spiro atoms. The van der Waals surface area contributed by atoms with Crippen molar-refractivity contribution in [2.24, 2.45) is 0 Å². The molecule has 0 fully saturated rings. The number of Topliss-reactive ketones (excluding diaryl/α,β-unsaturated/α-hetero) is 1. The van der Waals surface area contributed by atoms with Gasteiger partial charge < -0.3 is 4.79 Å². The molecule has 3 aromatic rings. The lowest BCUT2D eigenvalue weighted by molar-refractivity contribution is -0.109. The monoisotopic (exact) mass is 328 g/mol. The molecule has 124 valence electrons. The Morgan fingerprint density at radius 2 is 1.20 bits per heavy atom. The summed E-state index contributed by atoms with van der Waals surface area (Å²) in [5.41, 5.74) is 2.63. The lowest BCUT2D eigenvalue weighted by atomic mass is 9.78. The van der Waals surface area contributed by atoms with Gasteiger partial charge >= 0.3 is 0 Å². The molecule has 2 nitrogen and oxygen atoms in total. The molecule has 0 aliphatic rings. The van der Waals surface area contributed by atoms with E-state index in [9.17, 15) is 9.59 Å². The Hall–Kier alpha value is -3.00. The van der Waals surface area contributed by atoms with E-state index in [-0.39, 0.29) is 17.6 Å². The quantitative estimate of drug-likeness (QED) is 0.450. The first kappa shape index (κ1) is 16.8. The Morgan fingerprint density at radius 3 is 1.72 bits per heavy atom. The van der Waals surface area contributed by atoms with Crippen LogP contribution < -0.4 is 0 Å². The third-order valence-electron chi connectivity index (χ3n) is 4.49. The van der Waals surface area contributed by atoms with E-state index in [1.165, 1.54) is 0 Å². The number of ketones is 1. The van der Waals surface area contributed by atoms with E-state index in [1.54, 1.807) is 0 Å². The molecule has 0 unspecified atom stereocenters. The van der Waals surface area contributed by atoms with Crippen LogP contribution in [0.5, 0.6) is 0 Å². The van der Waals surface area contributed by atoms with E-state index in [0.717, 1.165) is 17.4 Å². The maximum absolute atomic E-state index is 12.8. The number of benzene rings is 3. The van der Waals surface area contributed by atoms with Crippen molar-refractivity contribution >= 4 is 12.1 Å². The van der Waals surface area contributed by atoms with E-state index in [4.69, 9.17) is 0 Å². The zero-order valence-corrected chi connectivity index (χ0v) is 13.9. The highest BCUT2D eigenvalue weighted by Gasteiger charge is 2.27. The second kappa shape index (κ2) is 8.20. The van der Waals surface area contributed by atoms with Gasteiger partial charge in [-0.05, 0) is 11.1 Å². The van der Waals surface area contributed by atoms with Crippen LogP contribution in [0.4, 0.5) is 0 Å². The lowest BCUT2D eigenvalue weighted by Crippen LogP contribution is -2.17. The van der Waals surface area contributed by atoms with E-state index in [2.05, 4.69) is 0 Å². The molecule has 0 aromatic heterocycles. The average Bonchev–Trinajstić information content (AvgIpc) is 2.70. The van der Waals surface area contributed by atoms with Gasteiger partial charge in [0.1, 0.15) is 6.29 Å². The molecule has 0 radical (unpaired) electrons. The second-order valence-corrected chi connectivity index (χ2v) is 6.08. The topological polar surface area (TPSA) is 34.1 Å². The Balaban J connectivity index is 1.95. The molecule has 0 amide bonds. The molecule has 0 heterocycles. The molecule has 0 saturated carbocycles. The molecule has 3 rings (SSSR count). The first-order chi connectivity index (χ1) is 12.3. The molecule has 2 heteroatoms. The molecule has 25 heavy (non-hydrogen) atoms. The molecule has 0 aliphatic carbocycles. The second-order valence-electron chi connectivity index (χ2n) is 6.08. The van der Waals surface area contributed by atoms with Crippen LogP contribution in [0.3, 0.4) is 0 Å². The highest BCUT2D eigenvalue weighted by molar-refractivity contribution is 5.96. The van der Waals surface area contributed by atoms with Gasteiger partial charge in [0, 0.05) is 23.8 Å². The highest BCUT2D eigenvalue weighted by atomic mass is 16.1. The van der Waals surface area contributed by atoms with Crippen LogP contribution in [0, 0.1) is 0 Å². The van der Waals surface area contributed by atoms with E-state index in [1.807, 2.05) is 91.0 Å². The number of carbonyl (C=O) groups is 2. The predicted molar refractivity (Wildman–Crippen MR) is 99.8 cm³/mol. The van der Waals surface area contributed by atoms with Gasteiger partial charge in [-0.25, -0.2) is 0 Å². The summed E-state index contributed by atoms with van der Waals surface area (Å²) in [6.07, 6.45) is 1.26. The van der Waals surface area contributed by atoms with E-state index in [0.29, 0.717) is 12.0 Å². The fourth-order valence-electron chi connectivity index (χ4n) is 3.17. The largest absolute Gasteiger partial charge is 0.303 e. The van der Waals surface area contributed by atoms with Crippen molar-refractivity contribution in [1.29, 1.82) is 0 Å². The number of hydrogen-bond donors (Lipinski definition) is 0. The maximum Gasteiger partial charge on any atom is 0.163 e. The van der Waals surface area contributed by atoms with Crippen LogP contribution in [-0.2, 0) is 4.79 Å². The fourth-order valence-corrected chi connectivity index (χ4v) is 3.17. The zero-order valence-electron chi connectivity index (χ0n) is 13.9. The Kier molecular flexibility index (Phi) is 5.53. The van der Waals surface area contributed by atoms with Gasteiger partial charge in [-0.2, -0.15) is 0 Å². The molecule has 0 N–H and O–H groups in total. The standard InChI is InChI=1S/C23H20O2/c24-17-22(19-12-6-2-7-13-19)21(18-10-4-1-5-11-18)16-23(25)20-14-8-3-9-15-20/h1-15,17,21-22H,16H2/t21-,22-/m0/s1. The molecular formula is C23H20O2. The van der Waals surface area contributed by atoms with Crippen molar-refractivity contribution in [3.8, 4) is 0 Å². The summed E-state index contributed by atoms with van der Waals surface area (Å²) in [6.45, 7) is 0. The summed E-state index contributed by atoms with van der Waals surface area (Å²) in [7, 11) is 0. The number of hydrogen-bond acceptors (Lipinski definition) is 2. The molecule has 3 aromatic carbocycles. The minimum Gasteiger partial charge on any atom is -0.303 e. The van der Waals surface area contributed by atoms with Gasteiger partial charge in [0.2, 0.25) is 0 Å². The SMILES string of the molecule is O=C[C@@H](c1ccccc1)[C@@H](CC(=O)c1ccccc1)c1ccccc1. The molecule has 0 aliphatic heterocycles. The van der Waals surface area contributed by atoms with Gasteiger partial charge in [0.05, 0.1) is 0 Å². The number of carbonyl (C=O) groups excluding carboxylic acids is 2. The van der Waals surface area contributed by atoms with Crippen molar-refractivity contribution in [3.63, 3.8) is 0 Å². The van der Waals surface area contributed by atoms with Gasteiger partial charge in [-0.1, -0.05) is 91.0 Å². The third-order valence-corrected chi connectivity index (χ3v) is 4.49. The van der Waals surface area contributed by atoms with Crippen LogP contribution in [0.1, 0.15) is 39.7 Å². The first-order valence-corrected chi connectivity index (χ1v) is 8.43. The van der Waals surface area contributed by atoms with E-state index < -0.39 is 0 Å². The summed E-state index contributed by atoms with van der Waals surface area (Å²) >= 11 is 0. The smallest absolute Gasteiger partial charge is 0.163 e. The van der Waals surface area contributed by atoms with Crippen LogP contribution in [0.2, 0.25) is 0 Å². The summed E-state index contributed by atoms with van der Waals surface area (Å²) < 4.78 is 0. The summed E-state index contributed by atoms with van der Waals surface area (Å²) in [5.74, 6) is -0.484. The summed E-state index contributed by atoms with van der Waals surface area (Å²) in [5, 5.41) is 0. The summed E-state index contributed by atoms with van der Waals surface area (Å²) in [4.78, 5) is 24.7. The number of aldehydes is 1. The van der Waals surface area contributed by atoms with Crippen molar-refractivity contribution in [1.82, 2.24) is 0 Å². The zero-order chi connectivity index (χ0) is 17.5. The van der Waals surface area contributed by atoms with Crippen LogP contribution >= 0.6 is 0 Å². The highest BCUT2D eigenvalue weighted by Crippen LogP contribution is 2.35. The first-order valence-electron chi connectivity index (χ1n) is 8.43. The fraction of sp³-hybridized carbons (Fsp3) is 0.130. The van der Waals surface area contributed by atoms with Gasteiger partial charge in [0.15, 0.2) is 5.78 Å². The maximum atomic E-state index is 12.8. The van der Waals surface area contributed by atoms with Gasteiger partial charge in [-0.15, -0.1) is 0 Å². The van der Waals surface area contributed by atoms with E-state index >= 15 is 0 Å². The Labute approximate surface area is 148 Å². The normalized spacial score (nSPS) is 13.0. The molecule has 0 bridgehead atoms. The average molecular weight is 328 g/mol. The lowest BCUT2D eigenvalue weighted by Gasteiger charge is -2.23. The van der Waals surface area contributed by atoms with Crippen molar-refractivity contribution < 1.29 is 9.59 Å². The van der Waals surface area contributed by atoms with Crippen molar-refractivity contribution in [2.75, 3.05) is 0 Å². The minimum atomic E-state index is -0.351. The van der Waals surface area contributed by atoms with Gasteiger partial charge in [-0.3, -0.25) is 4.79 Å². The van der Waals surface area contributed by atoms with Crippen molar-refractivity contribution in [2.45, 2.75) is 18.3 Å². The molecule has 2 atom stereocenters. The summed E-state index contributed by atoms with van der Waals surface area (Å²) in [6, 6.07) is 28.7. The molecular weight excluding hydrogens is 308 g/mol. The van der Waals surface area contributed by atoms with Crippen LogP contribution in [0.15, 0.2) is 91.0 Å². The molecule has 0 saturated heterocycles. The number of rotatable bonds is 7. The van der Waals surface area contributed by atoms with Crippen molar-refractivity contribution in [3.05, 3.63) is 108 Å².